The third-order valence-corrected chi connectivity index (χ3v) is 5.71. The fraction of sp³-hybridized carbons (Fsp3) is 0.360. The number of carbonyl (C=O) groups is 4. The van der Waals surface area contributed by atoms with Crippen molar-refractivity contribution in [2.24, 2.45) is 0 Å². The summed E-state index contributed by atoms with van der Waals surface area (Å²) in [4.78, 5) is 55.7. The van der Waals surface area contributed by atoms with Crippen LogP contribution in [0, 0.1) is 6.92 Å². The third kappa shape index (κ3) is 4.33. The zero-order valence-corrected chi connectivity index (χ0v) is 19.3. The number of rotatable bonds is 2. The summed E-state index contributed by atoms with van der Waals surface area (Å²) in [5, 5.41) is 0. The van der Waals surface area contributed by atoms with Crippen LogP contribution in [0.5, 0.6) is 0 Å². The van der Waals surface area contributed by atoms with Crippen molar-refractivity contribution in [3.05, 3.63) is 64.7 Å². The summed E-state index contributed by atoms with van der Waals surface area (Å²) in [5.41, 5.74) is 1.62. The molecule has 0 spiro atoms. The van der Waals surface area contributed by atoms with Gasteiger partial charge in [0.1, 0.15) is 5.60 Å². The van der Waals surface area contributed by atoms with Gasteiger partial charge in [-0.3, -0.25) is 14.4 Å². The van der Waals surface area contributed by atoms with Gasteiger partial charge in [-0.1, -0.05) is 18.2 Å². The van der Waals surface area contributed by atoms with Gasteiger partial charge in [0.05, 0.1) is 16.8 Å². The van der Waals surface area contributed by atoms with Crippen LogP contribution < -0.4 is 4.90 Å². The van der Waals surface area contributed by atoms with Gasteiger partial charge in [0, 0.05) is 31.7 Å². The molecule has 2 aliphatic rings. The van der Waals surface area contributed by atoms with Gasteiger partial charge in [0.2, 0.25) is 0 Å². The SMILES string of the molecule is Cc1ccccc1N1C(=O)c2ccc(C(=O)N3CCN(C(=O)OC(C)(C)C)CC3)cc2C1=O. The lowest BCUT2D eigenvalue weighted by Gasteiger charge is -2.35. The largest absolute Gasteiger partial charge is 0.444 e. The molecule has 172 valence electrons. The molecule has 1 fully saturated rings. The number of piperazine rings is 1. The minimum atomic E-state index is -0.579. The second-order valence-electron chi connectivity index (χ2n) is 9.25. The number of nitrogens with zero attached hydrogens (tertiary/aromatic N) is 3. The van der Waals surface area contributed by atoms with Crippen molar-refractivity contribution in [2.45, 2.75) is 33.3 Å². The Morgan fingerprint density at radius 1 is 0.848 bits per heavy atom. The van der Waals surface area contributed by atoms with Crippen LogP contribution in [0.4, 0.5) is 10.5 Å². The summed E-state index contributed by atoms with van der Waals surface area (Å²) < 4.78 is 5.39. The van der Waals surface area contributed by atoms with Gasteiger partial charge in [-0.05, 0) is 57.5 Å². The number of amides is 4. The van der Waals surface area contributed by atoms with E-state index >= 15 is 0 Å². The highest BCUT2D eigenvalue weighted by molar-refractivity contribution is 6.35. The molecule has 0 atom stereocenters. The number of para-hydroxylation sites is 1. The molecule has 2 aliphatic heterocycles. The summed E-state index contributed by atoms with van der Waals surface area (Å²) in [6, 6.07) is 11.8. The van der Waals surface area contributed by atoms with Crippen LogP contribution in [0.15, 0.2) is 42.5 Å². The average Bonchev–Trinajstić information content (AvgIpc) is 3.02. The molecular weight excluding hydrogens is 422 g/mol. The van der Waals surface area contributed by atoms with E-state index in [9.17, 15) is 19.2 Å². The monoisotopic (exact) mass is 449 g/mol. The van der Waals surface area contributed by atoms with Crippen molar-refractivity contribution in [2.75, 3.05) is 31.1 Å². The maximum absolute atomic E-state index is 13.1. The second-order valence-corrected chi connectivity index (χ2v) is 9.25. The molecule has 2 aromatic carbocycles. The minimum absolute atomic E-state index is 0.224. The lowest BCUT2D eigenvalue weighted by molar-refractivity contribution is 0.0141. The Balaban J connectivity index is 1.48. The van der Waals surface area contributed by atoms with Crippen LogP contribution in [0.2, 0.25) is 0 Å². The van der Waals surface area contributed by atoms with Crippen molar-refractivity contribution in [3.8, 4) is 0 Å². The highest BCUT2D eigenvalue weighted by atomic mass is 16.6. The number of anilines is 1. The lowest BCUT2D eigenvalue weighted by atomic mass is 10.0. The molecular formula is C25H27N3O5. The normalized spacial score (nSPS) is 16.2. The number of aryl methyl sites for hydroxylation is 1. The van der Waals surface area contributed by atoms with Crippen LogP contribution in [0.25, 0.3) is 0 Å². The van der Waals surface area contributed by atoms with Crippen molar-refractivity contribution >= 4 is 29.5 Å². The number of benzene rings is 2. The molecule has 0 aliphatic carbocycles. The first-order valence-corrected chi connectivity index (χ1v) is 10.9. The standard InChI is InChI=1S/C25H27N3O5/c1-16-7-5-6-8-20(16)28-22(30)18-10-9-17(15-19(18)23(28)31)21(29)26-11-13-27(14-12-26)24(32)33-25(2,3)4/h5-10,15H,11-14H2,1-4H3. The first-order chi connectivity index (χ1) is 15.6. The van der Waals surface area contributed by atoms with Gasteiger partial charge in [-0.25, -0.2) is 9.69 Å². The number of fused-ring (bicyclic) bond motifs is 1. The number of carbonyl (C=O) groups excluding carboxylic acids is 4. The number of imide groups is 1. The Bertz CT molecular complexity index is 1140. The smallest absolute Gasteiger partial charge is 0.410 e. The Hall–Kier alpha value is -3.68. The van der Waals surface area contributed by atoms with Gasteiger partial charge in [0.15, 0.2) is 0 Å². The zero-order chi connectivity index (χ0) is 23.9. The van der Waals surface area contributed by atoms with E-state index in [4.69, 9.17) is 4.74 Å². The van der Waals surface area contributed by atoms with E-state index in [1.807, 2.05) is 39.8 Å². The fourth-order valence-electron chi connectivity index (χ4n) is 4.01. The fourth-order valence-corrected chi connectivity index (χ4v) is 4.01. The number of hydrogen-bond donors (Lipinski definition) is 0. The Labute approximate surface area is 192 Å². The van der Waals surface area contributed by atoms with E-state index in [0.717, 1.165) is 10.5 Å². The number of hydrogen-bond acceptors (Lipinski definition) is 5. The maximum Gasteiger partial charge on any atom is 0.410 e. The predicted molar refractivity (Wildman–Crippen MR) is 122 cm³/mol. The third-order valence-electron chi connectivity index (χ3n) is 5.71. The maximum atomic E-state index is 13.1. The van der Waals surface area contributed by atoms with Gasteiger partial charge < -0.3 is 14.5 Å². The molecule has 8 heteroatoms. The van der Waals surface area contributed by atoms with Gasteiger partial charge in [0.25, 0.3) is 17.7 Å². The van der Waals surface area contributed by atoms with Crippen molar-refractivity contribution in [1.29, 1.82) is 0 Å². The Morgan fingerprint density at radius 2 is 1.45 bits per heavy atom. The summed E-state index contributed by atoms with van der Waals surface area (Å²) in [5.74, 6) is -1.07. The van der Waals surface area contributed by atoms with Crippen molar-refractivity contribution in [3.63, 3.8) is 0 Å². The highest BCUT2D eigenvalue weighted by Gasteiger charge is 2.38. The van der Waals surface area contributed by atoms with Gasteiger partial charge in [-0.15, -0.1) is 0 Å². The van der Waals surface area contributed by atoms with Crippen LogP contribution in [0.3, 0.4) is 0 Å². The molecule has 0 N–H and O–H groups in total. The molecule has 0 radical (unpaired) electrons. The van der Waals surface area contributed by atoms with E-state index in [2.05, 4.69) is 0 Å². The van der Waals surface area contributed by atoms with E-state index in [-0.39, 0.29) is 17.0 Å². The molecule has 2 aromatic rings. The van der Waals surface area contributed by atoms with E-state index in [0.29, 0.717) is 37.4 Å². The van der Waals surface area contributed by atoms with Crippen LogP contribution in [-0.2, 0) is 4.74 Å². The van der Waals surface area contributed by atoms with Crippen molar-refractivity contribution in [1.82, 2.24) is 9.80 Å². The minimum Gasteiger partial charge on any atom is -0.444 e. The topological polar surface area (TPSA) is 87.2 Å². The molecule has 33 heavy (non-hydrogen) atoms. The predicted octanol–water partition coefficient (Wildman–Crippen LogP) is 3.49. The number of ether oxygens (including phenoxy) is 1. The Kier molecular flexibility index (Phi) is 5.69. The molecule has 2 heterocycles. The van der Waals surface area contributed by atoms with E-state index in [1.165, 1.54) is 12.1 Å². The summed E-state index contributed by atoms with van der Waals surface area (Å²) in [7, 11) is 0. The van der Waals surface area contributed by atoms with Crippen molar-refractivity contribution < 1.29 is 23.9 Å². The van der Waals surface area contributed by atoms with Gasteiger partial charge >= 0.3 is 6.09 Å². The molecule has 0 saturated carbocycles. The summed E-state index contributed by atoms with van der Waals surface area (Å²) >= 11 is 0. The molecule has 0 unspecified atom stereocenters. The molecule has 8 nitrogen and oxygen atoms in total. The first-order valence-electron chi connectivity index (χ1n) is 10.9. The molecule has 4 rings (SSSR count). The first kappa shape index (κ1) is 22.5. The Morgan fingerprint density at radius 3 is 2.09 bits per heavy atom. The lowest BCUT2D eigenvalue weighted by Crippen LogP contribution is -2.51. The summed E-state index contributed by atoms with van der Waals surface area (Å²) in [6.07, 6.45) is -0.396. The van der Waals surface area contributed by atoms with E-state index < -0.39 is 23.5 Å². The van der Waals surface area contributed by atoms with E-state index in [1.54, 1.807) is 28.0 Å². The van der Waals surface area contributed by atoms with Crippen LogP contribution >= 0.6 is 0 Å². The highest BCUT2D eigenvalue weighted by Crippen LogP contribution is 2.31. The van der Waals surface area contributed by atoms with Gasteiger partial charge in [-0.2, -0.15) is 0 Å². The molecule has 0 bridgehead atoms. The molecule has 4 amide bonds. The zero-order valence-electron chi connectivity index (χ0n) is 19.3. The molecule has 1 saturated heterocycles. The quantitative estimate of drug-likeness (QED) is 0.655. The average molecular weight is 450 g/mol. The molecule has 0 aromatic heterocycles. The summed E-state index contributed by atoms with van der Waals surface area (Å²) in [6.45, 7) is 8.72. The van der Waals surface area contributed by atoms with Crippen LogP contribution in [-0.4, -0.2) is 65.4 Å². The second kappa shape index (κ2) is 8.35. The van der Waals surface area contributed by atoms with Crippen LogP contribution in [0.1, 0.15) is 57.4 Å².